The van der Waals surface area contributed by atoms with Crippen LogP contribution in [0.4, 0.5) is 0 Å². The van der Waals surface area contributed by atoms with Crippen LogP contribution >= 0.6 is 0 Å². The number of hydrogen-bond donors (Lipinski definition) is 18. The van der Waals surface area contributed by atoms with E-state index in [1.807, 2.05) is 0 Å². The van der Waals surface area contributed by atoms with Crippen LogP contribution in [-0.4, -0.2) is 192 Å². The monoisotopic (exact) mass is 1290 g/mol. The van der Waals surface area contributed by atoms with Crippen molar-refractivity contribution in [2.75, 3.05) is 13.2 Å². The number of aliphatic hydroxyl groups excluding tert-OH is 3. The normalized spacial score (nSPS) is 15.2. The minimum Gasteiger partial charge on any atom is -0.508 e. The Morgan fingerprint density at radius 2 is 0.837 bits per heavy atom. The molecular weight excluding hydrogens is 1200 g/mol. The highest BCUT2D eigenvalue weighted by Gasteiger charge is 2.36. The summed E-state index contributed by atoms with van der Waals surface area (Å²) < 4.78 is 0. The zero-order chi connectivity index (χ0) is 68.5. The summed E-state index contributed by atoms with van der Waals surface area (Å²) in [5.41, 5.74) is 7.75. The average molecular weight is 1290 g/mol. The molecule has 0 unspecified atom stereocenters. The summed E-state index contributed by atoms with van der Waals surface area (Å²) in [5.74, 6) is -13.1. The van der Waals surface area contributed by atoms with Crippen molar-refractivity contribution in [3.63, 3.8) is 0 Å². The molecule has 0 aliphatic rings. The van der Waals surface area contributed by atoms with E-state index in [-0.39, 0.29) is 49.7 Å². The summed E-state index contributed by atoms with van der Waals surface area (Å²) in [6.07, 6.45) is -1.69. The molecule has 92 heavy (non-hydrogen) atoms. The molecule has 0 fully saturated rings. The van der Waals surface area contributed by atoms with Crippen molar-refractivity contribution in [2.24, 2.45) is 17.6 Å². The highest BCUT2D eigenvalue weighted by atomic mass is 16.4. The maximum atomic E-state index is 14.8. The van der Waals surface area contributed by atoms with Gasteiger partial charge in [-0.1, -0.05) is 88.4 Å². The second-order valence-electron chi connectivity index (χ2n) is 23.2. The van der Waals surface area contributed by atoms with Gasteiger partial charge in [0.15, 0.2) is 0 Å². The van der Waals surface area contributed by atoms with E-state index in [4.69, 9.17) is 5.73 Å². The van der Waals surface area contributed by atoms with Crippen LogP contribution in [0.25, 0.3) is 10.9 Å². The van der Waals surface area contributed by atoms with Gasteiger partial charge in [-0.25, -0.2) is 4.79 Å². The lowest BCUT2D eigenvalue weighted by atomic mass is 9.99. The molecule has 3 aromatic carbocycles. The number of para-hydroxylation sites is 1. The Morgan fingerprint density at radius 1 is 0.446 bits per heavy atom. The summed E-state index contributed by atoms with van der Waals surface area (Å²) in [7, 11) is 0. The standard InChI is InChI=1S/C62H86N12O18/c1-31(2)23-43(57(86)69-44(24-32(3)4)58(87)74-49(30-76)62(91)92)68-53(82)34(6)66-56(85)47(27-38-28-64-41-16-12-11-15-40(38)41)72-59(88)46(26-37-17-19-39(78)20-18-37)70-54(83)42(21-22-50(79)80)67-52(81)33(5)65-55(84)45(25-36-13-9-8-10-14-36)71-60(89)48(29-75)73-61(90)51(63)35(7)77/h8-20,28,31-35,42-49,51,64,75-78H,21-27,29-30,63H2,1-7H3,(H,65,84)(H,66,85)(H,67,81)(H,68,82)(H,69,86)(H,70,83)(H,71,89)(H,72,88)(H,73,90)(H,74,87)(H,79,80)(H,91,92)/t33-,34-,35+,42-,43-,44-,45-,46-,47-,48-,49-,51-/m0/s1. The zero-order valence-corrected chi connectivity index (χ0v) is 52.2. The third kappa shape index (κ3) is 24.0. The Hall–Kier alpha value is -9.52. The summed E-state index contributed by atoms with van der Waals surface area (Å²) in [6, 6.07) is 4.06. The van der Waals surface area contributed by atoms with Gasteiger partial charge in [0.25, 0.3) is 0 Å². The fourth-order valence-electron chi connectivity index (χ4n) is 9.39. The van der Waals surface area contributed by atoms with Crippen molar-refractivity contribution < 1.29 is 88.2 Å². The van der Waals surface area contributed by atoms with E-state index >= 15 is 0 Å². The Kier molecular flexibility index (Phi) is 29.6. The molecule has 0 radical (unpaired) electrons. The summed E-state index contributed by atoms with van der Waals surface area (Å²) in [4.78, 5) is 166. The van der Waals surface area contributed by atoms with E-state index < -0.39 is 170 Å². The van der Waals surface area contributed by atoms with Gasteiger partial charge in [-0.2, -0.15) is 0 Å². The fraction of sp³-hybridized carbons (Fsp3) is 0.484. The number of nitrogens with two attached hydrogens (primary N) is 1. The van der Waals surface area contributed by atoms with E-state index in [0.717, 1.165) is 0 Å². The number of carbonyl (C=O) groups excluding carboxylic acids is 10. The molecule has 0 bridgehead atoms. The van der Waals surface area contributed by atoms with Gasteiger partial charge < -0.3 is 94.5 Å². The van der Waals surface area contributed by atoms with Crippen molar-refractivity contribution >= 4 is 81.9 Å². The predicted octanol–water partition coefficient (Wildman–Crippen LogP) is -2.48. The van der Waals surface area contributed by atoms with E-state index in [1.54, 1.807) is 88.5 Å². The number of rotatable bonds is 37. The van der Waals surface area contributed by atoms with Gasteiger partial charge in [-0.15, -0.1) is 0 Å². The molecule has 0 saturated carbocycles. The number of aromatic amines is 1. The minimum atomic E-state index is -1.73. The van der Waals surface area contributed by atoms with Crippen LogP contribution in [0.3, 0.4) is 0 Å². The third-order valence-electron chi connectivity index (χ3n) is 14.6. The molecule has 4 aromatic rings. The number of phenolic OH excluding ortho intramolecular Hbond substituents is 1. The molecule has 1 aromatic heterocycles. The number of fused-ring (bicyclic) bond motifs is 1. The molecule has 0 aliphatic heterocycles. The summed E-state index contributed by atoms with van der Waals surface area (Å²) in [5, 5.41) is 84.0. The van der Waals surface area contributed by atoms with Gasteiger partial charge >= 0.3 is 11.9 Å². The number of carboxylic acid groups (broad SMARTS) is 2. The number of aliphatic hydroxyl groups is 3. The first-order valence-corrected chi connectivity index (χ1v) is 29.9. The van der Waals surface area contributed by atoms with Crippen molar-refractivity contribution in [3.05, 3.63) is 102 Å². The minimum absolute atomic E-state index is 0.0321. The molecule has 30 nitrogen and oxygen atoms in total. The first kappa shape index (κ1) is 74.9. The molecule has 19 N–H and O–H groups in total. The number of aromatic nitrogens is 1. The molecule has 30 heteroatoms. The van der Waals surface area contributed by atoms with Crippen molar-refractivity contribution in [1.82, 2.24) is 58.2 Å². The molecule has 502 valence electrons. The fourth-order valence-corrected chi connectivity index (χ4v) is 9.39. The van der Waals surface area contributed by atoms with Gasteiger partial charge in [0.2, 0.25) is 59.1 Å². The van der Waals surface area contributed by atoms with Gasteiger partial charge in [0.05, 0.1) is 19.3 Å². The number of aromatic hydroxyl groups is 1. The van der Waals surface area contributed by atoms with Crippen LogP contribution in [0.2, 0.25) is 0 Å². The number of carbonyl (C=O) groups is 12. The second-order valence-corrected chi connectivity index (χ2v) is 23.2. The van der Waals surface area contributed by atoms with Crippen LogP contribution in [0.15, 0.2) is 85.1 Å². The maximum Gasteiger partial charge on any atom is 0.328 e. The van der Waals surface area contributed by atoms with Gasteiger partial charge in [-0.3, -0.25) is 52.7 Å². The molecule has 10 amide bonds. The maximum absolute atomic E-state index is 14.8. The van der Waals surface area contributed by atoms with Crippen LogP contribution < -0.4 is 58.9 Å². The lowest BCUT2D eigenvalue weighted by Gasteiger charge is -2.28. The van der Waals surface area contributed by atoms with Crippen molar-refractivity contribution in [3.8, 4) is 5.75 Å². The highest BCUT2D eigenvalue weighted by Crippen LogP contribution is 2.20. The number of H-pyrrole nitrogens is 1. The summed E-state index contributed by atoms with van der Waals surface area (Å²) in [6.45, 7) is 8.91. The Bertz CT molecular complexity index is 3200. The largest absolute Gasteiger partial charge is 0.508 e. The molecular formula is C62H86N12O18. The smallest absolute Gasteiger partial charge is 0.328 e. The number of hydrogen-bond acceptors (Lipinski definition) is 17. The summed E-state index contributed by atoms with van der Waals surface area (Å²) >= 11 is 0. The van der Waals surface area contributed by atoms with Crippen LogP contribution in [0.1, 0.15) is 90.8 Å². The third-order valence-corrected chi connectivity index (χ3v) is 14.6. The first-order chi connectivity index (χ1) is 43.4. The average Bonchev–Trinajstić information content (AvgIpc) is 1.82. The lowest BCUT2D eigenvalue weighted by Crippen LogP contribution is -2.61. The van der Waals surface area contributed by atoms with E-state index in [9.17, 15) is 88.2 Å². The topological polar surface area (TPSA) is 488 Å². The van der Waals surface area contributed by atoms with E-state index in [0.29, 0.717) is 27.6 Å². The van der Waals surface area contributed by atoms with Gasteiger partial charge in [-0.05, 0) is 86.8 Å². The molecule has 1 heterocycles. The molecule has 0 aliphatic carbocycles. The quantitative estimate of drug-likeness (QED) is 0.0222. The zero-order valence-electron chi connectivity index (χ0n) is 52.2. The lowest BCUT2D eigenvalue weighted by molar-refractivity contribution is -0.143. The number of phenols is 1. The van der Waals surface area contributed by atoms with Gasteiger partial charge in [0, 0.05) is 42.8 Å². The number of aliphatic carboxylic acids is 2. The number of carboxylic acids is 2. The molecule has 0 spiro atoms. The second kappa shape index (κ2) is 36.4. The number of amides is 10. The SMILES string of the molecule is CC(C)C[C@H](NC(=O)[C@H](C)NC(=O)[C@H](Cc1c[nH]c2ccccc12)NC(=O)[C@H](Cc1ccc(O)cc1)NC(=O)[C@H](CCC(=O)O)NC(=O)[C@H](C)NC(=O)[C@H](Cc1ccccc1)NC(=O)[C@H](CO)NC(=O)[C@@H](N)[C@@H](C)O)C(=O)N[C@@H](CC(C)C)C(=O)N[C@@H](CO)C(=O)O. The van der Waals surface area contributed by atoms with Crippen LogP contribution in [0, 0.1) is 11.8 Å². The van der Waals surface area contributed by atoms with Crippen LogP contribution in [-0.2, 0) is 76.8 Å². The first-order valence-electron chi connectivity index (χ1n) is 29.9. The molecule has 4 rings (SSSR count). The molecule has 0 saturated heterocycles. The predicted molar refractivity (Wildman–Crippen MR) is 332 cm³/mol. The number of nitrogens with one attached hydrogen (secondary N) is 11. The Labute approximate surface area is 530 Å². The van der Waals surface area contributed by atoms with Crippen LogP contribution in [0.5, 0.6) is 5.75 Å². The van der Waals surface area contributed by atoms with E-state index in [2.05, 4.69) is 58.2 Å². The number of benzene rings is 3. The highest BCUT2D eigenvalue weighted by molar-refractivity contribution is 5.99. The van der Waals surface area contributed by atoms with Crippen molar-refractivity contribution in [1.29, 1.82) is 0 Å². The van der Waals surface area contributed by atoms with E-state index in [1.165, 1.54) is 45.0 Å². The Morgan fingerprint density at radius 3 is 1.32 bits per heavy atom. The van der Waals surface area contributed by atoms with Crippen molar-refractivity contribution in [2.45, 2.75) is 166 Å². The Balaban J connectivity index is 1.63. The van der Waals surface area contributed by atoms with Gasteiger partial charge in [0.1, 0.15) is 72.2 Å². The molecule has 12 atom stereocenters.